The van der Waals surface area contributed by atoms with E-state index in [9.17, 15) is 9.18 Å². The van der Waals surface area contributed by atoms with E-state index in [1.807, 2.05) is 5.40 Å². The Morgan fingerprint density at radius 3 is 2.60 bits per heavy atom. The Hall–Kier alpha value is -1.34. The molecule has 0 amide bonds. The number of hydrogen-bond donors (Lipinski definition) is 0. The zero-order valence-corrected chi connectivity index (χ0v) is 9.05. The minimum absolute atomic E-state index is 0.0362. The number of thiocyanates is 1. The summed E-state index contributed by atoms with van der Waals surface area (Å²) in [5, 5.41) is 10.1. The maximum Gasteiger partial charge on any atom is 0.144 e. The minimum atomic E-state index is -0.361. The number of Topliss-reactive ketones (excluding diaryl/α,β-unsaturated/α-hetero) is 1. The van der Waals surface area contributed by atoms with Crippen LogP contribution in [0.1, 0.15) is 12.5 Å². The number of thioether (sulfide) groups is 1. The standard InChI is InChI=1S/C11H10FNOS/c1-8(14)11(15-7-13)6-9-2-4-10(12)5-3-9/h2-5,11H,6H2,1H3. The van der Waals surface area contributed by atoms with Gasteiger partial charge in [-0.25, -0.2) is 4.39 Å². The molecule has 0 fully saturated rings. The fourth-order valence-electron chi connectivity index (χ4n) is 1.17. The summed E-state index contributed by atoms with van der Waals surface area (Å²) >= 11 is 0.946. The van der Waals surface area contributed by atoms with Crippen molar-refractivity contribution in [3.05, 3.63) is 35.6 Å². The van der Waals surface area contributed by atoms with Crippen LogP contribution in [0.15, 0.2) is 24.3 Å². The van der Waals surface area contributed by atoms with E-state index in [1.54, 1.807) is 12.1 Å². The molecule has 0 saturated heterocycles. The topological polar surface area (TPSA) is 40.9 Å². The summed E-state index contributed by atoms with van der Waals surface area (Å²) in [5.74, 6) is -0.336. The molecule has 1 atom stereocenters. The largest absolute Gasteiger partial charge is 0.299 e. The number of carbonyl (C=O) groups is 1. The van der Waals surface area contributed by atoms with Crippen LogP contribution in [0.4, 0.5) is 4.39 Å². The predicted molar refractivity (Wildman–Crippen MR) is 57.8 cm³/mol. The molecular weight excluding hydrogens is 213 g/mol. The molecule has 0 aliphatic rings. The van der Waals surface area contributed by atoms with Crippen LogP contribution in [-0.4, -0.2) is 11.0 Å². The molecule has 0 aliphatic heterocycles. The number of hydrogen-bond acceptors (Lipinski definition) is 3. The van der Waals surface area contributed by atoms with E-state index >= 15 is 0 Å². The van der Waals surface area contributed by atoms with Gasteiger partial charge in [0.2, 0.25) is 0 Å². The van der Waals surface area contributed by atoms with Crippen molar-refractivity contribution >= 4 is 17.5 Å². The summed E-state index contributed by atoms with van der Waals surface area (Å²) in [6.07, 6.45) is 0.466. The zero-order chi connectivity index (χ0) is 11.3. The van der Waals surface area contributed by atoms with Gasteiger partial charge in [0.05, 0.1) is 5.25 Å². The average Bonchev–Trinajstić information content (AvgIpc) is 2.20. The monoisotopic (exact) mass is 223 g/mol. The van der Waals surface area contributed by atoms with Gasteiger partial charge in [-0.2, -0.15) is 5.26 Å². The molecule has 2 nitrogen and oxygen atoms in total. The molecule has 0 radical (unpaired) electrons. The molecular formula is C11H10FNOS. The summed E-state index contributed by atoms with van der Waals surface area (Å²) in [7, 11) is 0. The van der Waals surface area contributed by atoms with Crippen LogP contribution in [-0.2, 0) is 11.2 Å². The maximum atomic E-state index is 12.6. The Morgan fingerprint density at radius 2 is 2.13 bits per heavy atom. The lowest BCUT2D eigenvalue weighted by molar-refractivity contribution is -0.116. The molecule has 78 valence electrons. The highest BCUT2D eigenvalue weighted by Crippen LogP contribution is 2.16. The van der Waals surface area contributed by atoms with Crippen molar-refractivity contribution < 1.29 is 9.18 Å². The van der Waals surface area contributed by atoms with Crippen molar-refractivity contribution in [2.24, 2.45) is 0 Å². The first-order chi connectivity index (χ1) is 7.13. The molecule has 0 saturated carbocycles. The van der Waals surface area contributed by atoms with Crippen LogP contribution in [0.3, 0.4) is 0 Å². The molecule has 0 spiro atoms. The second-order valence-electron chi connectivity index (χ2n) is 3.14. The van der Waals surface area contributed by atoms with Gasteiger partial charge in [0.1, 0.15) is 17.0 Å². The third-order valence-electron chi connectivity index (χ3n) is 1.98. The molecule has 1 unspecified atom stereocenters. The van der Waals surface area contributed by atoms with E-state index in [4.69, 9.17) is 5.26 Å². The molecule has 1 aromatic rings. The van der Waals surface area contributed by atoms with Gasteiger partial charge in [-0.1, -0.05) is 12.1 Å². The molecule has 1 aromatic carbocycles. The molecule has 4 heteroatoms. The highest BCUT2D eigenvalue weighted by molar-refractivity contribution is 8.04. The Bertz CT molecular complexity index is 383. The Labute approximate surface area is 92.1 Å². The van der Waals surface area contributed by atoms with E-state index in [-0.39, 0.29) is 16.9 Å². The number of benzene rings is 1. The van der Waals surface area contributed by atoms with Crippen LogP contribution >= 0.6 is 11.8 Å². The number of halogens is 1. The van der Waals surface area contributed by atoms with E-state index < -0.39 is 0 Å². The Balaban J connectivity index is 2.70. The lowest BCUT2D eigenvalue weighted by Crippen LogP contribution is -2.15. The maximum absolute atomic E-state index is 12.6. The Kier molecular flexibility index (Phi) is 4.32. The molecule has 15 heavy (non-hydrogen) atoms. The first-order valence-electron chi connectivity index (χ1n) is 4.43. The second kappa shape index (κ2) is 5.52. The minimum Gasteiger partial charge on any atom is -0.299 e. The van der Waals surface area contributed by atoms with Crippen LogP contribution in [0.25, 0.3) is 0 Å². The molecule has 1 rings (SSSR count). The van der Waals surface area contributed by atoms with Crippen molar-refractivity contribution in [3.63, 3.8) is 0 Å². The summed E-state index contributed by atoms with van der Waals surface area (Å²) in [4.78, 5) is 11.2. The third kappa shape index (κ3) is 3.72. The van der Waals surface area contributed by atoms with Gasteiger partial charge in [-0.3, -0.25) is 4.79 Å². The van der Waals surface area contributed by atoms with Gasteiger partial charge in [-0.15, -0.1) is 0 Å². The van der Waals surface area contributed by atoms with Gasteiger partial charge in [0.15, 0.2) is 0 Å². The quantitative estimate of drug-likeness (QED) is 0.736. The van der Waals surface area contributed by atoms with Crippen LogP contribution in [0, 0.1) is 16.5 Å². The van der Waals surface area contributed by atoms with E-state index in [0.29, 0.717) is 6.42 Å². The van der Waals surface area contributed by atoms with Crippen molar-refractivity contribution in [2.45, 2.75) is 18.6 Å². The van der Waals surface area contributed by atoms with Crippen LogP contribution < -0.4 is 0 Å². The van der Waals surface area contributed by atoms with Gasteiger partial charge in [-0.05, 0) is 42.8 Å². The normalized spacial score (nSPS) is 11.8. The summed E-state index contributed by atoms with van der Waals surface area (Å²) in [6, 6.07) is 5.96. The lowest BCUT2D eigenvalue weighted by Gasteiger charge is -2.08. The molecule has 0 aliphatic carbocycles. The van der Waals surface area contributed by atoms with E-state index in [2.05, 4.69) is 0 Å². The predicted octanol–water partition coefficient (Wildman–Crippen LogP) is 2.54. The molecule has 0 N–H and O–H groups in total. The highest BCUT2D eigenvalue weighted by atomic mass is 32.2. The number of nitrogens with zero attached hydrogens (tertiary/aromatic N) is 1. The van der Waals surface area contributed by atoms with Crippen LogP contribution in [0.2, 0.25) is 0 Å². The number of carbonyl (C=O) groups excluding carboxylic acids is 1. The van der Waals surface area contributed by atoms with Crippen molar-refractivity contribution in [1.29, 1.82) is 5.26 Å². The van der Waals surface area contributed by atoms with Gasteiger partial charge >= 0.3 is 0 Å². The highest BCUT2D eigenvalue weighted by Gasteiger charge is 2.15. The van der Waals surface area contributed by atoms with Gasteiger partial charge in [0, 0.05) is 0 Å². The smallest absolute Gasteiger partial charge is 0.144 e. The van der Waals surface area contributed by atoms with Crippen molar-refractivity contribution in [1.82, 2.24) is 0 Å². The third-order valence-corrected chi connectivity index (χ3v) is 2.87. The fraction of sp³-hybridized carbons (Fsp3) is 0.273. The lowest BCUT2D eigenvalue weighted by atomic mass is 10.1. The number of rotatable bonds is 4. The summed E-state index contributed by atoms with van der Waals surface area (Å²) in [5.41, 5.74) is 0.861. The molecule has 0 bridgehead atoms. The van der Waals surface area contributed by atoms with Crippen molar-refractivity contribution in [3.8, 4) is 5.40 Å². The van der Waals surface area contributed by atoms with Gasteiger partial charge < -0.3 is 0 Å². The number of nitriles is 1. The van der Waals surface area contributed by atoms with Crippen LogP contribution in [0.5, 0.6) is 0 Å². The fourth-order valence-corrected chi connectivity index (χ4v) is 1.74. The first-order valence-corrected chi connectivity index (χ1v) is 5.31. The first kappa shape index (κ1) is 11.7. The second-order valence-corrected chi connectivity index (χ2v) is 4.13. The number of ketones is 1. The average molecular weight is 223 g/mol. The summed E-state index contributed by atoms with van der Waals surface area (Å²) in [6.45, 7) is 1.46. The zero-order valence-electron chi connectivity index (χ0n) is 8.24. The van der Waals surface area contributed by atoms with E-state index in [0.717, 1.165) is 17.3 Å². The van der Waals surface area contributed by atoms with Crippen molar-refractivity contribution in [2.75, 3.05) is 0 Å². The molecule has 0 heterocycles. The van der Waals surface area contributed by atoms with E-state index in [1.165, 1.54) is 19.1 Å². The molecule has 0 aromatic heterocycles. The Morgan fingerprint density at radius 1 is 1.53 bits per heavy atom. The SMILES string of the molecule is CC(=O)C(Cc1ccc(F)cc1)SC#N. The summed E-state index contributed by atoms with van der Waals surface area (Å²) < 4.78 is 12.6. The van der Waals surface area contributed by atoms with Gasteiger partial charge in [0.25, 0.3) is 0 Å².